The number of ether oxygens (including phenoxy) is 1. The molecule has 4 aliphatic carbocycles. The van der Waals surface area contributed by atoms with Crippen molar-refractivity contribution in [2.45, 2.75) is 127 Å². The van der Waals surface area contributed by atoms with E-state index in [2.05, 4.69) is 49.4 Å². The van der Waals surface area contributed by atoms with Gasteiger partial charge >= 0.3 is 0 Å². The van der Waals surface area contributed by atoms with Crippen molar-refractivity contribution in [3.8, 4) is 5.75 Å². The summed E-state index contributed by atoms with van der Waals surface area (Å²) in [4.78, 5) is 8.81. The highest BCUT2D eigenvalue weighted by molar-refractivity contribution is 7.47. The maximum absolute atomic E-state index is 11.8. The van der Waals surface area contributed by atoms with Gasteiger partial charge in [-0.2, -0.15) is 0 Å². The zero-order valence-corrected chi connectivity index (χ0v) is 32.2. The topological polar surface area (TPSA) is 80.3 Å². The average molecular weight is 675 g/mol. The second-order valence-corrected chi connectivity index (χ2v) is 15.4. The molecular formula is C39H67N2O5P. The van der Waals surface area contributed by atoms with Gasteiger partial charge in [0.25, 0.3) is 0 Å². The summed E-state index contributed by atoms with van der Waals surface area (Å²) in [5.41, 5.74) is 8.33. The Bertz CT molecular complexity index is 1140. The van der Waals surface area contributed by atoms with Crippen molar-refractivity contribution in [1.82, 2.24) is 5.43 Å². The lowest BCUT2D eigenvalue weighted by molar-refractivity contribution is -0.158. The van der Waals surface area contributed by atoms with Crippen LogP contribution in [-0.2, 0) is 13.8 Å². The molecule has 0 aromatic heterocycles. The molecule has 1 aromatic rings. The van der Waals surface area contributed by atoms with Gasteiger partial charge in [0.1, 0.15) is 12.0 Å². The number of hydrogen-bond acceptors (Lipinski definition) is 7. The van der Waals surface area contributed by atoms with Crippen LogP contribution in [-0.4, -0.2) is 43.6 Å². The molecule has 3 saturated carbocycles. The van der Waals surface area contributed by atoms with Crippen LogP contribution in [0.3, 0.4) is 0 Å². The van der Waals surface area contributed by atoms with Crippen molar-refractivity contribution in [3.63, 3.8) is 0 Å². The van der Waals surface area contributed by atoms with Gasteiger partial charge in [0.2, 0.25) is 8.38 Å². The van der Waals surface area contributed by atoms with E-state index < -0.39 is 8.38 Å². The molecule has 8 unspecified atom stereocenters. The summed E-state index contributed by atoms with van der Waals surface area (Å²) in [6, 6.07) is 8.41. The summed E-state index contributed by atoms with van der Waals surface area (Å²) in [5.74, 6) is 4.16. The van der Waals surface area contributed by atoms with E-state index >= 15 is 0 Å². The van der Waals surface area contributed by atoms with Crippen LogP contribution in [0, 0.1) is 40.4 Å². The number of allylic oxidation sites excluding steroid dienone is 1. The Kier molecular flexibility index (Phi) is 15.7. The number of aliphatic hydroxyl groups excluding tert-OH is 1. The van der Waals surface area contributed by atoms with Gasteiger partial charge in [-0.25, -0.2) is 5.43 Å². The summed E-state index contributed by atoms with van der Waals surface area (Å²) in [7, 11) is -1.04. The second-order valence-electron chi connectivity index (χ2n) is 13.9. The highest BCUT2D eigenvalue weighted by Crippen LogP contribution is 2.67. The van der Waals surface area contributed by atoms with Crippen LogP contribution in [0.1, 0.15) is 121 Å². The molecule has 0 bridgehead atoms. The van der Waals surface area contributed by atoms with Gasteiger partial charge in [-0.3, -0.25) is 5.01 Å². The summed E-state index contributed by atoms with van der Waals surface area (Å²) >= 11 is 0. The van der Waals surface area contributed by atoms with Crippen LogP contribution in [0.2, 0.25) is 0 Å². The fraction of sp³-hybridized carbons (Fsp3) is 0.769. The van der Waals surface area contributed by atoms with E-state index in [9.17, 15) is 5.11 Å². The number of rotatable bonds is 8. The number of carbonyl (C=O) groups is 1. The maximum Gasteiger partial charge on any atom is 0.211 e. The zero-order valence-electron chi connectivity index (χ0n) is 31.3. The van der Waals surface area contributed by atoms with Gasteiger partial charge in [-0.15, -0.1) is 0 Å². The van der Waals surface area contributed by atoms with E-state index in [1.807, 2.05) is 47.6 Å². The number of anilines is 1. The lowest BCUT2D eigenvalue weighted by atomic mass is 9.45. The lowest BCUT2D eigenvalue weighted by Gasteiger charge is -2.60. The van der Waals surface area contributed by atoms with Crippen molar-refractivity contribution in [3.05, 3.63) is 35.5 Å². The molecule has 8 atom stereocenters. The minimum absolute atomic E-state index is 0.167. The molecule has 1 aliphatic heterocycles. The Labute approximate surface area is 288 Å². The SMILES string of the molecule is CC.CC.CC=O.CCOP(COc1cccc(N2NCC3=C2CCC2CCC4C5CCC(C)C5(C)CC(O)C4C2(C)C3)c1)OCC. The van der Waals surface area contributed by atoms with Gasteiger partial charge in [0.15, 0.2) is 6.35 Å². The Hall–Kier alpha value is -1.50. The van der Waals surface area contributed by atoms with Gasteiger partial charge in [0.05, 0.1) is 25.0 Å². The summed E-state index contributed by atoms with van der Waals surface area (Å²) in [6.45, 7) is 23.1. The normalized spacial score (nSPS) is 33.7. The smallest absolute Gasteiger partial charge is 0.211 e. The number of fused-ring (bicyclic) bond motifs is 5. The molecule has 3 fully saturated rings. The predicted molar refractivity (Wildman–Crippen MR) is 196 cm³/mol. The highest BCUT2D eigenvalue weighted by atomic mass is 31.2. The second kappa shape index (κ2) is 18.5. The van der Waals surface area contributed by atoms with Crippen LogP contribution >= 0.6 is 8.38 Å². The maximum atomic E-state index is 11.8. The molecule has 0 amide bonds. The van der Waals surface area contributed by atoms with Crippen molar-refractivity contribution in [2.75, 3.05) is 31.1 Å². The minimum atomic E-state index is -1.04. The van der Waals surface area contributed by atoms with E-state index in [0.29, 0.717) is 42.7 Å². The fourth-order valence-corrected chi connectivity index (χ4v) is 11.0. The first kappa shape index (κ1) is 39.9. The van der Waals surface area contributed by atoms with Gasteiger partial charge in [-0.05, 0) is 130 Å². The number of aldehydes is 1. The van der Waals surface area contributed by atoms with E-state index in [0.717, 1.165) is 55.4 Å². The average Bonchev–Trinajstić information content (AvgIpc) is 3.55. The molecule has 8 heteroatoms. The summed E-state index contributed by atoms with van der Waals surface area (Å²) < 4.78 is 17.6. The number of nitrogens with zero attached hydrogens (tertiary/aromatic N) is 1. The third kappa shape index (κ3) is 8.46. The number of nitrogens with one attached hydrogen (secondary N) is 1. The highest BCUT2D eigenvalue weighted by Gasteiger charge is 2.62. The van der Waals surface area contributed by atoms with Crippen LogP contribution in [0.25, 0.3) is 0 Å². The molecule has 5 aliphatic rings. The van der Waals surface area contributed by atoms with E-state index in [1.165, 1.54) is 44.7 Å². The molecule has 268 valence electrons. The number of aliphatic hydroxyl groups is 1. The number of benzene rings is 1. The summed E-state index contributed by atoms with van der Waals surface area (Å²) in [5, 5.41) is 14.1. The summed E-state index contributed by atoms with van der Waals surface area (Å²) in [6.07, 6.45) is 10.8. The van der Waals surface area contributed by atoms with Gasteiger partial charge in [0, 0.05) is 18.3 Å². The minimum Gasteiger partial charge on any atom is -0.484 e. The third-order valence-electron chi connectivity index (χ3n) is 11.9. The predicted octanol–water partition coefficient (Wildman–Crippen LogP) is 9.89. The molecule has 0 spiro atoms. The van der Waals surface area contributed by atoms with E-state index in [4.69, 9.17) is 18.6 Å². The molecule has 2 N–H and O–H groups in total. The van der Waals surface area contributed by atoms with E-state index in [-0.39, 0.29) is 11.5 Å². The first-order valence-corrected chi connectivity index (χ1v) is 20.1. The molecular weight excluding hydrogens is 607 g/mol. The zero-order chi connectivity index (χ0) is 34.8. The lowest BCUT2D eigenvalue weighted by Crippen LogP contribution is -2.57. The Morgan fingerprint density at radius 1 is 1.02 bits per heavy atom. The number of hydrazine groups is 1. The molecule has 47 heavy (non-hydrogen) atoms. The van der Waals surface area contributed by atoms with Gasteiger partial charge < -0.3 is 23.7 Å². The molecule has 1 aromatic carbocycles. The first-order chi connectivity index (χ1) is 22.7. The Balaban J connectivity index is 0.000000799. The van der Waals surface area contributed by atoms with Crippen LogP contribution < -0.4 is 15.2 Å². The molecule has 6 rings (SSSR count). The van der Waals surface area contributed by atoms with Crippen molar-refractivity contribution >= 4 is 20.3 Å². The Morgan fingerprint density at radius 2 is 1.70 bits per heavy atom. The Morgan fingerprint density at radius 3 is 2.36 bits per heavy atom. The van der Waals surface area contributed by atoms with Crippen molar-refractivity contribution in [1.29, 1.82) is 0 Å². The molecule has 7 nitrogen and oxygen atoms in total. The quantitative estimate of drug-likeness (QED) is 0.210. The molecule has 1 heterocycles. The number of carbonyl (C=O) groups excluding carboxylic acids is 1. The fourth-order valence-electron chi connectivity index (χ4n) is 9.90. The standard InChI is InChI=1S/C33H51N2O4P.C2H4O.2C2H6/c1-6-38-40(39-7-2)21-37-26-10-8-9-25(17-26)35-29-16-13-24-12-14-27-28-15-11-22(3)32(28,4)19-30(36)31(27)33(24,5)18-23(29)20-34-35;1-2-3;2*1-2/h8-10,17,22,24,27-28,30-31,34,36H,6-7,11-16,18-21H2,1-5H3;2H,1H3;2*1-2H3. The van der Waals surface area contributed by atoms with E-state index in [1.54, 1.807) is 5.57 Å². The third-order valence-corrected chi connectivity index (χ3v) is 13.3. The monoisotopic (exact) mass is 674 g/mol. The van der Waals surface area contributed by atoms with Crippen molar-refractivity contribution in [2.24, 2.45) is 40.4 Å². The first-order valence-electron chi connectivity index (χ1n) is 18.8. The largest absolute Gasteiger partial charge is 0.484 e. The van der Waals surface area contributed by atoms with Crippen LogP contribution in [0.15, 0.2) is 35.5 Å². The molecule has 0 saturated heterocycles. The van der Waals surface area contributed by atoms with Gasteiger partial charge in [-0.1, -0.05) is 54.5 Å². The van der Waals surface area contributed by atoms with Crippen LogP contribution in [0.5, 0.6) is 5.75 Å². The van der Waals surface area contributed by atoms with Crippen LogP contribution in [0.4, 0.5) is 5.69 Å². The number of hydrogen-bond donors (Lipinski definition) is 2. The molecule has 0 radical (unpaired) electrons. The van der Waals surface area contributed by atoms with Crippen molar-refractivity contribution < 1.29 is 23.7 Å².